The van der Waals surface area contributed by atoms with E-state index in [1.54, 1.807) is 16.7 Å². The van der Waals surface area contributed by atoms with E-state index in [0.717, 1.165) is 0 Å². The molecule has 0 aliphatic heterocycles. The zero-order valence-electron chi connectivity index (χ0n) is 11.0. The van der Waals surface area contributed by atoms with E-state index < -0.39 is 0 Å². The van der Waals surface area contributed by atoms with E-state index in [1.807, 2.05) is 0 Å². The summed E-state index contributed by atoms with van der Waals surface area (Å²) in [6.45, 7) is 7.20. The maximum atomic E-state index is 2.52. The Morgan fingerprint density at radius 1 is 1.24 bits per heavy atom. The molecule has 92 valence electrons. The summed E-state index contributed by atoms with van der Waals surface area (Å²) in [4.78, 5) is 0. The van der Waals surface area contributed by atoms with E-state index >= 15 is 0 Å². The summed E-state index contributed by atoms with van der Waals surface area (Å²) >= 11 is 2.43. The van der Waals surface area contributed by atoms with Crippen molar-refractivity contribution in [3.63, 3.8) is 0 Å². The normalized spacial score (nSPS) is 39.7. The van der Waals surface area contributed by atoms with Crippen LogP contribution in [0.2, 0.25) is 0 Å². The van der Waals surface area contributed by atoms with Gasteiger partial charge in [0.05, 0.1) is 5.41 Å². The number of hydrogen-bond donors (Lipinski definition) is 0. The third-order valence-electron chi connectivity index (χ3n) is 5.28. The zero-order chi connectivity index (χ0) is 12.3. The molecule has 0 spiro atoms. The summed E-state index contributed by atoms with van der Waals surface area (Å²) in [6, 6.07) is 0. The summed E-state index contributed by atoms with van der Waals surface area (Å²) in [5.74, 6) is 0.662. The number of rotatable bonds is 1. The van der Waals surface area contributed by atoms with Crippen LogP contribution in [-0.4, -0.2) is 3.42 Å². The van der Waals surface area contributed by atoms with Gasteiger partial charge in [-0.15, -0.1) is 0 Å². The molecule has 2 saturated carbocycles. The van der Waals surface area contributed by atoms with Crippen molar-refractivity contribution >= 4 is 0 Å². The first-order valence-electron chi connectivity index (χ1n) is 6.81. The predicted molar refractivity (Wildman–Crippen MR) is 69.8 cm³/mol. The fraction of sp³-hybridized carbons (Fsp3) is 0.625. The fourth-order valence-corrected chi connectivity index (χ4v) is 5.45. The highest BCUT2D eigenvalue weighted by Crippen LogP contribution is 2.61. The van der Waals surface area contributed by atoms with Crippen LogP contribution in [0.1, 0.15) is 46.5 Å². The third kappa shape index (κ3) is 1.41. The van der Waals surface area contributed by atoms with Crippen LogP contribution in [0, 0.1) is 11.3 Å². The Morgan fingerprint density at radius 2 is 1.94 bits per heavy atom. The highest BCUT2D eigenvalue weighted by molar-refractivity contribution is 5.50. The topological polar surface area (TPSA) is 0 Å². The molecule has 0 aromatic rings. The minimum Gasteiger partial charge on any atom is -0.0620 e. The molecule has 3 aliphatic rings. The lowest BCUT2D eigenvalue weighted by molar-refractivity contribution is -0.491. The monoisotopic (exact) mass is 341 g/mol. The quantitative estimate of drug-likeness (QED) is 0.494. The van der Waals surface area contributed by atoms with E-state index in [-0.39, 0.29) is 0 Å². The van der Waals surface area contributed by atoms with Gasteiger partial charge in [0, 0.05) is 12.8 Å². The minimum absolute atomic E-state index is 0.376. The maximum absolute atomic E-state index is 2.52. The zero-order valence-corrected chi connectivity index (χ0v) is 13.4. The van der Waals surface area contributed by atoms with Crippen molar-refractivity contribution in [1.82, 2.24) is 0 Å². The molecule has 0 aromatic heterocycles. The number of allylic oxidation sites excluding steroid dienone is 6. The first-order valence-corrected chi connectivity index (χ1v) is 7.97. The van der Waals surface area contributed by atoms with Gasteiger partial charge in [0.2, 0.25) is 0 Å². The molecule has 0 heterocycles. The lowest BCUT2D eigenvalue weighted by Crippen LogP contribution is -3.44. The van der Waals surface area contributed by atoms with Gasteiger partial charge in [-0.3, -0.25) is 0 Å². The largest absolute Gasteiger partial charge is 0.260 e. The molecule has 0 nitrogen and oxygen atoms in total. The molecule has 2 unspecified atom stereocenters. The summed E-state index contributed by atoms with van der Waals surface area (Å²) in [6.07, 6.45) is 12.5. The van der Waals surface area contributed by atoms with E-state index in [1.165, 1.54) is 25.7 Å². The molecule has 0 N–H and O–H groups in total. The second-order valence-electron chi connectivity index (χ2n) is 6.26. The van der Waals surface area contributed by atoms with Crippen LogP contribution >= 0.6 is 0 Å². The van der Waals surface area contributed by atoms with Crippen LogP contribution < -0.4 is 22.6 Å². The van der Waals surface area contributed by atoms with Crippen molar-refractivity contribution in [1.29, 1.82) is 0 Å². The van der Waals surface area contributed by atoms with Crippen molar-refractivity contribution in [2.24, 2.45) is 11.3 Å². The van der Waals surface area contributed by atoms with E-state index in [0.29, 0.717) is 14.8 Å². The van der Waals surface area contributed by atoms with Gasteiger partial charge in [-0.2, -0.15) is 0 Å². The van der Waals surface area contributed by atoms with Crippen molar-refractivity contribution < 1.29 is 22.6 Å². The van der Waals surface area contributed by atoms with Gasteiger partial charge in [-0.05, 0) is 31.3 Å². The highest BCUT2D eigenvalue weighted by atomic mass is 127. The first kappa shape index (κ1) is 12.0. The Balaban J connectivity index is 2.24. The van der Waals surface area contributed by atoms with Crippen LogP contribution in [0.5, 0.6) is 0 Å². The van der Waals surface area contributed by atoms with Crippen molar-refractivity contribution in [2.45, 2.75) is 49.9 Å². The van der Waals surface area contributed by atoms with Crippen molar-refractivity contribution in [2.75, 3.05) is 0 Å². The van der Waals surface area contributed by atoms with Gasteiger partial charge >= 0.3 is 0 Å². The standard InChI is InChI=1S/C16H22I/c1-11(2)13-6-4-5-12-7-9-16(17)10-8-14(13)15(12,16)3/h4-6,11,17H,7-10H2,1-3H3/q+1. The SMILES string of the molecule is CC(C)C1=C2CCC3([IH+])CCC(=CC=C1)C23C. The van der Waals surface area contributed by atoms with E-state index in [9.17, 15) is 0 Å². The van der Waals surface area contributed by atoms with Gasteiger partial charge in [0.1, 0.15) is 0 Å². The van der Waals surface area contributed by atoms with Crippen molar-refractivity contribution in [3.8, 4) is 0 Å². The van der Waals surface area contributed by atoms with Gasteiger partial charge in [-0.1, -0.05) is 43.2 Å². The Labute approximate surface area is 118 Å². The molecule has 2 fully saturated rings. The van der Waals surface area contributed by atoms with Gasteiger partial charge in [0.25, 0.3) is 22.6 Å². The molecule has 17 heavy (non-hydrogen) atoms. The van der Waals surface area contributed by atoms with Crippen LogP contribution in [-0.2, 0) is 0 Å². The lowest BCUT2D eigenvalue weighted by Gasteiger charge is -2.31. The lowest BCUT2D eigenvalue weighted by atomic mass is 9.74. The number of halogens is 1. The average molecular weight is 341 g/mol. The van der Waals surface area contributed by atoms with Gasteiger partial charge in [0.15, 0.2) is 3.42 Å². The van der Waals surface area contributed by atoms with Crippen LogP contribution in [0.4, 0.5) is 0 Å². The molecule has 1 heteroatoms. The molecule has 0 bridgehead atoms. The van der Waals surface area contributed by atoms with Crippen LogP contribution in [0.3, 0.4) is 0 Å². The molecular formula is C16H22I+. The predicted octanol–water partition coefficient (Wildman–Crippen LogP) is 1.05. The summed E-state index contributed by atoms with van der Waals surface area (Å²) in [5.41, 5.74) is 5.45. The molecule has 0 saturated heterocycles. The molecule has 0 amide bonds. The summed E-state index contributed by atoms with van der Waals surface area (Å²) in [5, 5.41) is 0. The highest BCUT2D eigenvalue weighted by Gasteiger charge is 2.65. The average Bonchev–Trinajstić information content (AvgIpc) is 2.59. The minimum atomic E-state index is 0.376. The fourth-order valence-electron chi connectivity index (χ4n) is 4.14. The number of alkyl halides is 1. The Morgan fingerprint density at radius 3 is 2.65 bits per heavy atom. The molecule has 2 atom stereocenters. The molecule has 3 rings (SSSR count). The molecular weight excluding hydrogens is 319 g/mol. The van der Waals surface area contributed by atoms with E-state index in [2.05, 4.69) is 61.6 Å². The summed E-state index contributed by atoms with van der Waals surface area (Å²) in [7, 11) is 0. The van der Waals surface area contributed by atoms with Gasteiger partial charge in [-0.25, -0.2) is 0 Å². The van der Waals surface area contributed by atoms with Crippen molar-refractivity contribution in [3.05, 3.63) is 34.9 Å². The van der Waals surface area contributed by atoms with Crippen LogP contribution in [0.15, 0.2) is 34.9 Å². The van der Waals surface area contributed by atoms with Crippen LogP contribution in [0.25, 0.3) is 0 Å². The Kier molecular flexibility index (Phi) is 2.63. The number of hydrogen-bond acceptors (Lipinski definition) is 0. The molecule has 3 aliphatic carbocycles. The summed E-state index contributed by atoms with van der Waals surface area (Å²) < 4.78 is 0.538. The van der Waals surface area contributed by atoms with Gasteiger partial charge < -0.3 is 0 Å². The second kappa shape index (κ2) is 3.72. The Bertz CT molecular complexity index is 452. The van der Waals surface area contributed by atoms with E-state index in [4.69, 9.17) is 0 Å². The smallest absolute Gasteiger partial charge is 0.0620 e. The maximum Gasteiger partial charge on any atom is 0.260 e. The second-order valence-corrected chi connectivity index (χ2v) is 8.49. The molecule has 0 radical (unpaired) electrons. The third-order valence-corrected chi connectivity index (χ3v) is 7.61. The Hall–Kier alpha value is -0.0500. The molecule has 0 aromatic carbocycles. The first-order chi connectivity index (χ1) is 7.99.